The summed E-state index contributed by atoms with van der Waals surface area (Å²) in [6.45, 7) is 3.84. The molecule has 0 saturated heterocycles. The first kappa shape index (κ1) is 11.6. The van der Waals surface area contributed by atoms with Crippen LogP contribution in [0.3, 0.4) is 0 Å². The van der Waals surface area contributed by atoms with Crippen molar-refractivity contribution in [2.45, 2.75) is 26.4 Å². The van der Waals surface area contributed by atoms with E-state index in [2.05, 4.69) is 21.8 Å². The van der Waals surface area contributed by atoms with Gasteiger partial charge >= 0.3 is 0 Å². The number of halogens is 1. The Labute approximate surface area is 100 Å². The molecular weight excluding hydrogens is 226 g/mol. The van der Waals surface area contributed by atoms with E-state index in [-0.39, 0.29) is 6.61 Å². The van der Waals surface area contributed by atoms with Crippen LogP contribution in [0.25, 0.3) is 0 Å². The zero-order valence-corrected chi connectivity index (χ0v) is 10.1. The largest absolute Gasteiger partial charge is 0.391 e. The van der Waals surface area contributed by atoms with Crippen molar-refractivity contribution in [3.63, 3.8) is 0 Å². The second-order valence-corrected chi connectivity index (χ2v) is 4.46. The predicted molar refractivity (Wildman–Crippen MR) is 63.6 cm³/mol. The van der Waals surface area contributed by atoms with Crippen molar-refractivity contribution in [2.75, 3.05) is 18.0 Å². The Balaban J connectivity index is 2.24. The van der Waals surface area contributed by atoms with Gasteiger partial charge in [-0.15, -0.1) is 0 Å². The van der Waals surface area contributed by atoms with E-state index in [1.54, 1.807) is 0 Å². The Morgan fingerprint density at radius 2 is 2.25 bits per heavy atom. The molecule has 1 aliphatic rings. The number of hydrogen-bond donors (Lipinski definition) is 1. The van der Waals surface area contributed by atoms with Crippen LogP contribution in [-0.2, 0) is 6.61 Å². The third kappa shape index (κ3) is 2.44. The topological polar surface area (TPSA) is 49.2 Å². The Hall–Kier alpha value is -0.870. The number of nitrogens with zero attached hydrogens (tertiary/aromatic N) is 3. The summed E-state index contributed by atoms with van der Waals surface area (Å²) in [7, 11) is 0. The molecule has 0 amide bonds. The van der Waals surface area contributed by atoms with Crippen molar-refractivity contribution in [3.05, 3.63) is 17.0 Å². The Morgan fingerprint density at radius 1 is 1.50 bits per heavy atom. The van der Waals surface area contributed by atoms with Gasteiger partial charge in [-0.1, -0.05) is 11.6 Å². The quantitative estimate of drug-likeness (QED) is 0.800. The molecule has 1 fully saturated rings. The lowest BCUT2D eigenvalue weighted by atomic mass is 10.2. The van der Waals surface area contributed by atoms with Crippen LogP contribution in [0.2, 0.25) is 5.15 Å². The number of aliphatic hydroxyl groups excluding tert-OH is 1. The molecule has 0 bridgehead atoms. The van der Waals surface area contributed by atoms with Gasteiger partial charge in [-0.3, -0.25) is 0 Å². The number of rotatable bonds is 5. The first-order chi connectivity index (χ1) is 7.76. The summed E-state index contributed by atoms with van der Waals surface area (Å²) < 4.78 is 0. The highest BCUT2D eigenvalue weighted by atomic mass is 35.5. The van der Waals surface area contributed by atoms with E-state index in [4.69, 9.17) is 11.6 Å². The van der Waals surface area contributed by atoms with Crippen molar-refractivity contribution in [3.8, 4) is 0 Å². The fraction of sp³-hybridized carbons (Fsp3) is 0.636. The Bertz CT molecular complexity index is 368. The molecule has 88 valence electrons. The molecule has 1 N–H and O–H groups in total. The van der Waals surface area contributed by atoms with Gasteiger partial charge in [0.15, 0.2) is 0 Å². The SMILES string of the molecule is CCN(CC1CC1)c1ncnc(Cl)c1CO. The van der Waals surface area contributed by atoms with Crippen LogP contribution < -0.4 is 4.90 Å². The maximum absolute atomic E-state index is 9.30. The number of aliphatic hydroxyl groups is 1. The van der Waals surface area contributed by atoms with E-state index in [0.29, 0.717) is 10.7 Å². The maximum atomic E-state index is 9.30. The fourth-order valence-corrected chi connectivity index (χ4v) is 1.96. The normalized spacial score (nSPS) is 15.2. The monoisotopic (exact) mass is 241 g/mol. The Kier molecular flexibility index (Phi) is 3.61. The molecule has 5 heteroatoms. The number of hydrogen-bond acceptors (Lipinski definition) is 4. The minimum absolute atomic E-state index is 0.115. The molecule has 0 atom stereocenters. The maximum Gasteiger partial charge on any atom is 0.140 e. The molecule has 0 unspecified atom stereocenters. The lowest BCUT2D eigenvalue weighted by Gasteiger charge is -2.23. The van der Waals surface area contributed by atoms with E-state index >= 15 is 0 Å². The van der Waals surface area contributed by atoms with Crippen LogP contribution in [0.15, 0.2) is 6.33 Å². The van der Waals surface area contributed by atoms with Crippen molar-refractivity contribution < 1.29 is 5.11 Å². The minimum atomic E-state index is -0.115. The number of aromatic nitrogens is 2. The summed E-state index contributed by atoms with van der Waals surface area (Å²) in [6.07, 6.45) is 4.04. The van der Waals surface area contributed by atoms with Crippen LogP contribution in [0, 0.1) is 5.92 Å². The molecule has 1 saturated carbocycles. The van der Waals surface area contributed by atoms with E-state index in [1.807, 2.05) is 0 Å². The molecule has 1 aliphatic carbocycles. The average Bonchev–Trinajstić information content (AvgIpc) is 3.09. The highest BCUT2D eigenvalue weighted by Gasteiger charge is 2.25. The van der Waals surface area contributed by atoms with Crippen LogP contribution in [0.5, 0.6) is 0 Å². The molecule has 2 rings (SSSR count). The average molecular weight is 242 g/mol. The first-order valence-corrected chi connectivity index (χ1v) is 5.99. The molecule has 16 heavy (non-hydrogen) atoms. The van der Waals surface area contributed by atoms with Gasteiger partial charge in [0.2, 0.25) is 0 Å². The van der Waals surface area contributed by atoms with E-state index in [0.717, 1.165) is 24.8 Å². The highest BCUT2D eigenvalue weighted by Crippen LogP contribution is 2.32. The molecule has 1 heterocycles. The summed E-state index contributed by atoms with van der Waals surface area (Å²) in [6, 6.07) is 0. The molecule has 4 nitrogen and oxygen atoms in total. The zero-order valence-electron chi connectivity index (χ0n) is 9.36. The molecule has 0 aromatic carbocycles. The van der Waals surface area contributed by atoms with Gasteiger partial charge in [0.25, 0.3) is 0 Å². The Morgan fingerprint density at radius 3 is 2.81 bits per heavy atom. The lowest BCUT2D eigenvalue weighted by molar-refractivity contribution is 0.281. The van der Waals surface area contributed by atoms with E-state index in [1.165, 1.54) is 19.2 Å². The standard InChI is InChI=1S/C11H16ClN3O/c1-2-15(5-8-3-4-8)11-9(6-16)10(12)13-7-14-11/h7-8,16H,2-6H2,1H3. The minimum Gasteiger partial charge on any atom is -0.391 e. The van der Waals surface area contributed by atoms with Crippen LogP contribution in [-0.4, -0.2) is 28.2 Å². The van der Waals surface area contributed by atoms with Gasteiger partial charge in [-0.25, -0.2) is 9.97 Å². The van der Waals surface area contributed by atoms with Gasteiger partial charge < -0.3 is 10.0 Å². The summed E-state index contributed by atoms with van der Waals surface area (Å²) in [5, 5.41) is 9.65. The second-order valence-electron chi connectivity index (χ2n) is 4.11. The fourth-order valence-electron chi connectivity index (χ4n) is 1.77. The predicted octanol–water partition coefficient (Wildman–Crippen LogP) is 1.86. The molecule has 0 radical (unpaired) electrons. The molecule has 0 spiro atoms. The van der Waals surface area contributed by atoms with Crippen molar-refractivity contribution in [1.82, 2.24) is 9.97 Å². The van der Waals surface area contributed by atoms with Gasteiger partial charge in [0.05, 0.1) is 12.2 Å². The first-order valence-electron chi connectivity index (χ1n) is 5.61. The van der Waals surface area contributed by atoms with Crippen LogP contribution in [0.1, 0.15) is 25.3 Å². The van der Waals surface area contributed by atoms with Gasteiger partial charge in [0.1, 0.15) is 17.3 Å². The van der Waals surface area contributed by atoms with Crippen molar-refractivity contribution >= 4 is 17.4 Å². The van der Waals surface area contributed by atoms with Gasteiger partial charge in [-0.05, 0) is 25.7 Å². The van der Waals surface area contributed by atoms with Crippen LogP contribution in [0.4, 0.5) is 5.82 Å². The summed E-state index contributed by atoms with van der Waals surface area (Å²) in [5.41, 5.74) is 0.631. The third-order valence-electron chi connectivity index (χ3n) is 2.88. The van der Waals surface area contributed by atoms with Gasteiger partial charge in [-0.2, -0.15) is 0 Å². The van der Waals surface area contributed by atoms with E-state index < -0.39 is 0 Å². The van der Waals surface area contributed by atoms with E-state index in [9.17, 15) is 5.11 Å². The molecular formula is C11H16ClN3O. The molecule has 1 aromatic heterocycles. The van der Waals surface area contributed by atoms with Crippen LogP contribution >= 0.6 is 11.6 Å². The van der Waals surface area contributed by atoms with Crippen molar-refractivity contribution in [2.24, 2.45) is 5.92 Å². The molecule has 1 aromatic rings. The number of anilines is 1. The summed E-state index contributed by atoms with van der Waals surface area (Å²) in [5.74, 6) is 1.55. The summed E-state index contributed by atoms with van der Waals surface area (Å²) >= 11 is 5.94. The third-order valence-corrected chi connectivity index (χ3v) is 3.21. The smallest absolute Gasteiger partial charge is 0.140 e. The summed E-state index contributed by atoms with van der Waals surface area (Å²) in [4.78, 5) is 10.3. The highest BCUT2D eigenvalue weighted by molar-refractivity contribution is 6.30. The van der Waals surface area contributed by atoms with Crippen molar-refractivity contribution in [1.29, 1.82) is 0 Å². The molecule has 0 aliphatic heterocycles. The zero-order chi connectivity index (χ0) is 11.5. The van der Waals surface area contributed by atoms with Gasteiger partial charge in [0, 0.05) is 13.1 Å². The second kappa shape index (κ2) is 4.97. The lowest BCUT2D eigenvalue weighted by Crippen LogP contribution is -2.27.